The van der Waals surface area contributed by atoms with Crippen LogP contribution in [-0.2, 0) is 11.3 Å². The van der Waals surface area contributed by atoms with Crippen LogP contribution in [0.5, 0.6) is 0 Å². The monoisotopic (exact) mass is 509 g/mol. The Morgan fingerprint density at radius 2 is 1.61 bits per heavy atom. The molecule has 0 radical (unpaired) electrons. The van der Waals surface area contributed by atoms with Crippen molar-refractivity contribution < 1.29 is 4.79 Å². The number of aromatic nitrogens is 1. The molecule has 1 heterocycles. The normalized spacial score (nSPS) is 13.1. The Kier molecular flexibility index (Phi) is 9.78. The number of hydrogen-bond acceptors (Lipinski definition) is 2. The number of hydrogen-bond donors (Lipinski definition) is 1. The van der Waals surface area contributed by atoms with Crippen LogP contribution in [0.3, 0.4) is 0 Å². The molecule has 0 saturated heterocycles. The van der Waals surface area contributed by atoms with Crippen molar-refractivity contribution in [1.29, 1.82) is 0 Å². The zero-order valence-electron chi connectivity index (χ0n) is 23.5. The van der Waals surface area contributed by atoms with Crippen molar-refractivity contribution in [2.75, 3.05) is 19.6 Å². The van der Waals surface area contributed by atoms with Gasteiger partial charge in [0, 0.05) is 42.0 Å². The summed E-state index contributed by atoms with van der Waals surface area (Å²) in [6.07, 6.45) is 4.79. The van der Waals surface area contributed by atoms with Crippen LogP contribution < -0.4 is 5.32 Å². The average molecular weight is 510 g/mol. The molecule has 4 aromatic rings. The minimum Gasteiger partial charge on any atom is -0.354 e. The molecule has 2 atom stereocenters. The van der Waals surface area contributed by atoms with Crippen molar-refractivity contribution in [3.05, 3.63) is 107 Å². The molecule has 0 spiro atoms. The largest absolute Gasteiger partial charge is 0.354 e. The number of nitrogens with zero attached hydrogens (tertiary/aromatic N) is 2. The van der Waals surface area contributed by atoms with Gasteiger partial charge in [0.2, 0.25) is 5.91 Å². The summed E-state index contributed by atoms with van der Waals surface area (Å²) in [5.41, 5.74) is 6.09. The number of rotatable bonds is 13. The third kappa shape index (κ3) is 7.14. The molecule has 1 amide bonds. The molecule has 4 heteroatoms. The second kappa shape index (κ2) is 13.4. The molecule has 0 aliphatic carbocycles. The molecule has 0 bridgehead atoms. The lowest BCUT2D eigenvalue weighted by Gasteiger charge is -2.21. The van der Waals surface area contributed by atoms with E-state index in [-0.39, 0.29) is 17.9 Å². The van der Waals surface area contributed by atoms with Gasteiger partial charge >= 0.3 is 0 Å². The molecular formula is C34H43N3O. The Balaban J connectivity index is 1.57. The third-order valence-electron chi connectivity index (χ3n) is 7.67. The van der Waals surface area contributed by atoms with Gasteiger partial charge in [0.25, 0.3) is 0 Å². The summed E-state index contributed by atoms with van der Waals surface area (Å²) < 4.78 is 2.33. The number of fused-ring (bicyclic) bond motifs is 1. The zero-order valence-corrected chi connectivity index (χ0v) is 23.5. The van der Waals surface area contributed by atoms with Gasteiger partial charge in [-0.05, 0) is 69.1 Å². The molecule has 0 saturated carbocycles. The zero-order chi connectivity index (χ0) is 26.9. The molecule has 3 aromatic carbocycles. The Morgan fingerprint density at radius 1 is 0.921 bits per heavy atom. The first-order valence-electron chi connectivity index (χ1n) is 14.2. The highest BCUT2D eigenvalue weighted by Crippen LogP contribution is 2.35. The minimum atomic E-state index is -0.0135. The Hall–Kier alpha value is -3.37. The summed E-state index contributed by atoms with van der Waals surface area (Å²) in [5, 5.41) is 4.52. The number of nitrogens with one attached hydrogen (secondary N) is 1. The quantitative estimate of drug-likeness (QED) is 0.208. The highest BCUT2D eigenvalue weighted by molar-refractivity contribution is 5.87. The first kappa shape index (κ1) is 27.7. The summed E-state index contributed by atoms with van der Waals surface area (Å²) in [7, 11) is 0. The molecule has 0 unspecified atom stereocenters. The fourth-order valence-electron chi connectivity index (χ4n) is 5.42. The van der Waals surface area contributed by atoms with Gasteiger partial charge < -0.3 is 14.8 Å². The van der Waals surface area contributed by atoms with E-state index in [0.717, 1.165) is 39.0 Å². The molecule has 1 N–H and O–H groups in total. The number of carbonyl (C=O) groups is 1. The van der Waals surface area contributed by atoms with E-state index in [4.69, 9.17) is 0 Å². The topological polar surface area (TPSA) is 37.3 Å². The number of amides is 1. The van der Waals surface area contributed by atoms with E-state index < -0.39 is 0 Å². The molecule has 0 aliphatic rings. The first-order chi connectivity index (χ1) is 18.5. The minimum absolute atomic E-state index is 0.0135. The Morgan fingerprint density at radius 3 is 2.32 bits per heavy atom. The van der Waals surface area contributed by atoms with E-state index >= 15 is 0 Å². The molecule has 0 fully saturated rings. The SMILES string of the molecule is CCN(CC)CCC[C@H](C)NC(=O)C[C@H](c1ccc(C)cc1)c1cn(Cc2ccccc2)c2ccccc12. The van der Waals surface area contributed by atoms with Crippen LogP contribution in [-0.4, -0.2) is 41.1 Å². The predicted octanol–water partition coefficient (Wildman–Crippen LogP) is 7.15. The summed E-state index contributed by atoms with van der Waals surface area (Å²) in [6.45, 7) is 12.7. The average Bonchev–Trinajstić information content (AvgIpc) is 3.29. The van der Waals surface area contributed by atoms with Gasteiger partial charge in [0.15, 0.2) is 0 Å². The second-order valence-electron chi connectivity index (χ2n) is 10.5. The van der Waals surface area contributed by atoms with Crippen LogP contribution in [0, 0.1) is 6.92 Å². The molecular weight excluding hydrogens is 466 g/mol. The van der Waals surface area contributed by atoms with Crippen molar-refractivity contribution in [3.63, 3.8) is 0 Å². The maximum atomic E-state index is 13.4. The van der Waals surface area contributed by atoms with Crippen molar-refractivity contribution in [1.82, 2.24) is 14.8 Å². The highest BCUT2D eigenvalue weighted by atomic mass is 16.1. The third-order valence-corrected chi connectivity index (χ3v) is 7.67. The van der Waals surface area contributed by atoms with Gasteiger partial charge in [0.1, 0.15) is 0 Å². The molecule has 4 rings (SSSR count). The van der Waals surface area contributed by atoms with E-state index in [0.29, 0.717) is 6.42 Å². The molecule has 4 nitrogen and oxygen atoms in total. The van der Waals surface area contributed by atoms with Crippen molar-refractivity contribution in [2.24, 2.45) is 0 Å². The van der Waals surface area contributed by atoms with Gasteiger partial charge in [-0.1, -0.05) is 92.2 Å². The molecule has 200 valence electrons. The smallest absolute Gasteiger partial charge is 0.221 e. The Bertz CT molecular complexity index is 1290. The van der Waals surface area contributed by atoms with Crippen LogP contribution in [0.1, 0.15) is 68.2 Å². The Labute approximate surface area is 228 Å². The van der Waals surface area contributed by atoms with Gasteiger partial charge in [-0.25, -0.2) is 0 Å². The van der Waals surface area contributed by atoms with Crippen molar-refractivity contribution in [3.8, 4) is 0 Å². The lowest BCUT2D eigenvalue weighted by atomic mass is 9.87. The van der Waals surface area contributed by atoms with Crippen LogP contribution in [0.2, 0.25) is 0 Å². The fourth-order valence-corrected chi connectivity index (χ4v) is 5.42. The molecule has 0 aliphatic heterocycles. The summed E-state index contributed by atoms with van der Waals surface area (Å²) in [4.78, 5) is 15.8. The molecule has 38 heavy (non-hydrogen) atoms. The fraction of sp³-hybridized carbons (Fsp3) is 0.382. The number of para-hydroxylation sites is 1. The van der Waals surface area contributed by atoms with Gasteiger partial charge in [0.05, 0.1) is 0 Å². The van der Waals surface area contributed by atoms with Crippen LogP contribution in [0.25, 0.3) is 10.9 Å². The standard InChI is InChI=1S/C34H43N3O/c1-5-36(6-2)22-12-13-27(4)35-34(38)23-31(29-20-18-26(3)19-21-29)32-25-37(24-28-14-8-7-9-15-28)33-17-11-10-16-30(32)33/h7-11,14-21,25,27,31H,5-6,12-13,22-24H2,1-4H3,(H,35,38)/t27-,31+/m0/s1. The summed E-state index contributed by atoms with van der Waals surface area (Å²) in [5.74, 6) is 0.103. The van der Waals surface area contributed by atoms with E-state index in [1.807, 2.05) is 0 Å². The second-order valence-corrected chi connectivity index (χ2v) is 10.5. The predicted molar refractivity (Wildman–Crippen MR) is 160 cm³/mol. The van der Waals surface area contributed by atoms with Crippen molar-refractivity contribution in [2.45, 2.75) is 65.5 Å². The maximum Gasteiger partial charge on any atom is 0.221 e. The van der Waals surface area contributed by atoms with Gasteiger partial charge in [-0.15, -0.1) is 0 Å². The van der Waals surface area contributed by atoms with Crippen molar-refractivity contribution >= 4 is 16.8 Å². The van der Waals surface area contributed by atoms with Gasteiger partial charge in [-0.3, -0.25) is 4.79 Å². The molecule has 1 aromatic heterocycles. The highest BCUT2D eigenvalue weighted by Gasteiger charge is 2.23. The van der Waals surface area contributed by atoms with E-state index in [1.54, 1.807) is 0 Å². The first-order valence-corrected chi connectivity index (χ1v) is 14.2. The van der Waals surface area contributed by atoms with E-state index in [9.17, 15) is 4.79 Å². The lowest BCUT2D eigenvalue weighted by Crippen LogP contribution is -2.34. The summed E-state index contributed by atoms with van der Waals surface area (Å²) in [6, 6.07) is 28.0. The van der Waals surface area contributed by atoms with Crippen LogP contribution in [0.15, 0.2) is 85.1 Å². The number of aryl methyl sites for hydroxylation is 1. The summed E-state index contributed by atoms with van der Waals surface area (Å²) >= 11 is 0. The van der Waals surface area contributed by atoms with Crippen LogP contribution >= 0.6 is 0 Å². The van der Waals surface area contributed by atoms with E-state index in [1.165, 1.54) is 33.2 Å². The number of benzene rings is 3. The van der Waals surface area contributed by atoms with E-state index in [2.05, 4.69) is 128 Å². The van der Waals surface area contributed by atoms with Crippen LogP contribution in [0.4, 0.5) is 0 Å². The maximum absolute atomic E-state index is 13.4. The van der Waals surface area contributed by atoms with Gasteiger partial charge in [-0.2, -0.15) is 0 Å². The lowest BCUT2D eigenvalue weighted by molar-refractivity contribution is -0.121. The number of carbonyl (C=O) groups excluding carboxylic acids is 1.